The Hall–Kier alpha value is -3.22. The summed E-state index contributed by atoms with van der Waals surface area (Å²) in [4.78, 5) is 42.2. The first kappa shape index (κ1) is 22.0. The molecule has 0 radical (unpaired) electrons. The van der Waals surface area contributed by atoms with Gasteiger partial charge in [0.2, 0.25) is 0 Å². The molecule has 1 aromatic rings. The fourth-order valence-electron chi connectivity index (χ4n) is 5.45. The van der Waals surface area contributed by atoms with Crippen LogP contribution in [0.4, 0.5) is 0 Å². The quantitative estimate of drug-likeness (QED) is 0.656. The summed E-state index contributed by atoms with van der Waals surface area (Å²) in [6.07, 6.45) is -0.604. The Morgan fingerprint density at radius 3 is 2.47 bits per heavy atom. The lowest BCUT2D eigenvalue weighted by atomic mass is 9.65. The van der Waals surface area contributed by atoms with Crippen LogP contribution < -0.4 is 5.73 Å². The van der Waals surface area contributed by atoms with E-state index in [9.17, 15) is 19.6 Å². The summed E-state index contributed by atoms with van der Waals surface area (Å²) < 4.78 is 16.9. The number of fused-ring (bicyclic) bond motifs is 1. The molecule has 168 valence electrons. The maximum atomic E-state index is 14.1. The van der Waals surface area contributed by atoms with Crippen molar-refractivity contribution in [3.8, 4) is 6.07 Å². The van der Waals surface area contributed by atoms with Gasteiger partial charge in [-0.15, -0.1) is 0 Å². The summed E-state index contributed by atoms with van der Waals surface area (Å²) in [5.74, 6) is -3.36. The van der Waals surface area contributed by atoms with Crippen LogP contribution in [-0.2, 0) is 29.5 Å². The molecule has 2 N–H and O–H groups in total. The first-order valence-electron chi connectivity index (χ1n) is 10.7. The Balaban J connectivity index is 2.15. The van der Waals surface area contributed by atoms with Crippen LogP contribution in [-0.4, -0.2) is 48.6 Å². The molecule has 0 aromatic heterocycles. The van der Waals surface area contributed by atoms with Crippen LogP contribution in [0.3, 0.4) is 0 Å². The zero-order valence-corrected chi connectivity index (χ0v) is 18.2. The highest BCUT2D eigenvalue weighted by Gasteiger charge is 2.83. The van der Waals surface area contributed by atoms with Crippen molar-refractivity contribution in [2.45, 2.75) is 39.1 Å². The van der Waals surface area contributed by atoms with E-state index in [2.05, 4.69) is 6.07 Å². The maximum absolute atomic E-state index is 14.1. The highest BCUT2D eigenvalue weighted by molar-refractivity contribution is 6.17. The third-order valence-electron chi connectivity index (χ3n) is 6.35. The van der Waals surface area contributed by atoms with Crippen LogP contribution >= 0.6 is 0 Å². The van der Waals surface area contributed by atoms with Gasteiger partial charge in [-0.1, -0.05) is 31.2 Å². The van der Waals surface area contributed by atoms with E-state index in [1.807, 2.05) is 6.92 Å². The smallest absolute Gasteiger partial charge is 0.355 e. The molecule has 2 aliphatic heterocycles. The number of hydrogen-bond donors (Lipinski definition) is 1. The van der Waals surface area contributed by atoms with Gasteiger partial charge in [0.05, 0.1) is 24.9 Å². The summed E-state index contributed by atoms with van der Waals surface area (Å²) in [6, 6.07) is 8.88. The number of hydrogen-bond acceptors (Lipinski definition) is 9. The van der Waals surface area contributed by atoms with E-state index in [1.54, 1.807) is 43.0 Å². The molecule has 0 bridgehead atoms. The van der Waals surface area contributed by atoms with Gasteiger partial charge < -0.3 is 24.8 Å². The topological polar surface area (TPSA) is 132 Å². The van der Waals surface area contributed by atoms with Crippen LogP contribution in [0.5, 0.6) is 0 Å². The van der Waals surface area contributed by atoms with Crippen LogP contribution in [0.15, 0.2) is 35.5 Å². The van der Waals surface area contributed by atoms with E-state index >= 15 is 0 Å². The summed E-state index contributed by atoms with van der Waals surface area (Å²) in [5, 5.41) is 10.1. The Bertz CT molecular complexity index is 1080. The number of esters is 2. The highest BCUT2D eigenvalue weighted by Crippen LogP contribution is 2.71. The monoisotopic (exact) mass is 439 g/mol. The average molecular weight is 439 g/mol. The van der Waals surface area contributed by atoms with E-state index in [0.29, 0.717) is 17.5 Å². The third-order valence-corrected chi connectivity index (χ3v) is 6.35. The van der Waals surface area contributed by atoms with Crippen LogP contribution in [0.25, 0.3) is 0 Å². The van der Waals surface area contributed by atoms with Gasteiger partial charge in [-0.3, -0.25) is 4.79 Å². The standard InChI is InChI=1S/C23H25N3O6/c1-4-11-26-17(21(29)31-6-3)16(20(28)30-5-2)22-15(12-24)19(25)32-23(22,26)14-10-8-7-9-13(14)18(22)27/h7-10,15,19H,4-6,11,25H2,1-3H3/t15?,19?,22-,23-/m1/s1. The minimum absolute atomic E-state index is 0.0145. The Kier molecular flexibility index (Phi) is 5.31. The molecule has 1 aromatic carbocycles. The molecule has 9 nitrogen and oxygen atoms in total. The van der Waals surface area contributed by atoms with Crippen molar-refractivity contribution in [1.82, 2.24) is 4.90 Å². The molecule has 1 saturated heterocycles. The van der Waals surface area contributed by atoms with E-state index in [0.717, 1.165) is 0 Å². The first-order valence-corrected chi connectivity index (χ1v) is 10.7. The van der Waals surface area contributed by atoms with Crippen LogP contribution in [0.2, 0.25) is 0 Å². The summed E-state index contributed by atoms with van der Waals surface area (Å²) in [7, 11) is 0. The minimum Gasteiger partial charge on any atom is -0.463 e. The molecule has 4 rings (SSSR count). The Labute approximate surface area is 185 Å². The van der Waals surface area contributed by atoms with Gasteiger partial charge in [-0.25, -0.2) is 9.59 Å². The van der Waals surface area contributed by atoms with Gasteiger partial charge in [0.15, 0.2) is 11.5 Å². The number of carbonyl (C=O) groups excluding carboxylic acids is 3. The molecule has 32 heavy (non-hydrogen) atoms. The van der Waals surface area contributed by atoms with Crippen LogP contribution in [0, 0.1) is 22.7 Å². The minimum atomic E-state index is -1.85. The number of carbonyl (C=O) groups is 3. The zero-order chi connectivity index (χ0) is 23.3. The molecule has 1 aliphatic carbocycles. The van der Waals surface area contributed by atoms with Crippen molar-refractivity contribution >= 4 is 17.7 Å². The third kappa shape index (κ3) is 2.36. The molecular weight excluding hydrogens is 414 g/mol. The molecule has 4 atom stereocenters. The van der Waals surface area contributed by atoms with Crippen molar-refractivity contribution in [3.63, 3.8) is 0 Å². The lowest BCUT2D eigenvalue weighted by Gasteiger charge is -2.41. The SMILES string of the molecule is CCCN1C(C(=O)OCC)=C(C(=O)OCC)[C@]23C(=O)c4ccccc4[C@]12OC(N)C3C#N. The summed E-state index contributed by atoms with van der Waals surface area (Å²) in [6.45, 7) is 5.49. The Morgan fingerprint density at radius 1 is 1.19 bits per heavy atom. The fourth-order valence-corrected chi connectivity index (χ4v) is 5.45. The van der Waals surface area contributed by atoms with Crippen LogP contribution in [0.1, 0.15) is 43.1 Å². The summed E-state index contributed by atoms with van der Waals surface area (Å²) >= 11 is 0. The second-order valence-corrected chi connectivity index (χ2v) is 7.83. The van der Waals surface area contributed by atoms with Gasteiger partial charge >= 0.3 is 11.9 Å². The number of benzene rings is 1. The van der Waals surface area contributed by atoms with Crippen molar-refractivity contribution in [3.05, 3.63) is 46.7 Å². The number of nitriles is 1. The van der Waals surface area contributed by atoms with Gasteiger partial charge in [0.25, 0.3) is 0 Å². The average Bonchev–Trinajstić information content (AvgIpc) is 3.26. The van der Waals surface area contributed by atoms with Crippen molar-refractivity contribution in [1.29, 1.82) is 5.26 Å². The normalized spacial score (nSPS) is 30.0. The number of rotatable bonds is 6. The largest absolute Gasteiger partial charge is 0.463 e. The lowest BCUT2D eigenvalue weighted by Crippen LogP contribution is -2.52. The van der Waals surface area contributed by atoms with Crippen molar-refractivity contribution < 1.29 is 28.6 Å². The van der Waals surface area contributed by atoms with E-state index in [-0.39, 0.29) is 31.0 Å². The van der Waals surface area contributed by atoms with E-state index in [4.69, 9.17) is 19.9 Å². The maximum Gasteiger partial charge on any atom is 0.355 e. The molecule has 1 fully saturated rings. The van der Waals surface area contributed by atoms with Gasteiger partial charge in [-0.05, 0) is 20.3 Å². The van der Waals surface area contributed by atoms with E-state index < -0.39 is 41.0 Å². The molecular formula is C23H25N3O6. The fraction of sp³-hybridized carbons (Fsp3) is 0.478. The molecule has 3 aliphatic rings. The molecule has 9 heteroatoms. The van der Waals surface area contributed by atoms with Gasteiger partial charge in [-0.2, -0.15) is 5.26 Å². The molecule has 2 heterocycles. The predicted molar refractivity (Wildman–Crippen MR) is 110 cm³/mol. The predicted octanol–water partition coefficient (Wildman–Crippen LogP) is 1.58. The number of nitrogens with two attached hydrogens (primary N) is 1. The second-order valence-electron chi connectivity index (χ2n) is 7.83. The molecule has 2 unspecified atom stereocenters. The lowest BCUT2D eigenvalue weighted by molar-refractivity contribution is -0.164. The Morgan fingerprint density at radius 2 is 1.84 bits per heavy atom. The van der Waals surface area contributed by atoms with Crippen molar-refractivity contribution in [2.24, 2.45) is 17.1 Å². The first-order chi connectivity index (χ1) is 15.4. The second kappa shape index (κ2) is 7.73. The number of ether oxygens (including phenoxy) is 3. The zero-order valence-electron chi connectivity index (χ0n) is 18.2. The number of ketones is 1. The number of nitrogens with zero attached hydrogens (tertiary/aromatic N) is 2. The van der Waals surface area contributed by atoms with E-state index in [1.165, 1.54) is 0 Å². The molecule has 0 saturated carbocycles. The summed E-state index contributed by atoms with van der Waals surface area (Å²) in [5.41, 5.74) is 3.23. The number of Topliss-reactive ketones (excluding diaryl/α,β-unsaturated/α-hetero) is 1. The van der Waals surface area contributed by atoms with Crippen molar-refractivity contribution in [2.75, 3.05) is 19.8 Å². The molecule has 0 amide bonds. The highest BCUT2D eigenvalue weighted by atomic mass is 16.6. The van der Waals surface area contributed by atoms with Gasteiger partial charge in [0.1, 0.15) is 23.3 Å². The van der Waals surface area contributed by atoms with Gasteiger partial charge in [0, 0.05) is 17.7 Å². The molecule has 0 spiro atoms.